The first-order chi connectivity index (χ1) is 18.2. The van der Waals surface area contributed by atoms with Crippen molar-refractivity contribution in [1.82, 2.24) is 14.8 Å². The number of ether oxygens (including phenoxy) is 1. The van der Waals surface area contributed by atoms with Gasteiger partial charge in [-0.1, -0.05) is 89.7 Å². The molecule has 3 aromatic carbocycles. The van der Waals surface area contributed by atoms with Gasteiger partial charge in [0, 0.05) is 38.6 Å². The predicted molar refractivity (Wildman–Crippen MR) is 166 cm³/mol. The average molecular weight is 608 g/mol. The van der Waals surface area contributed by atoms with E-state index in [1.165, 1.54) is 22.5 Å². The largest absolute Gasteiger partial charge is 0.379 e. The van der Waals surface area contributed by atoms with E-state index in [-0.39, 0.29) is 36.8 Å². The van der Waals surface area contributed by atoms with E-state index in [0.29, 0.717) is 23.2 Å². The van der Waals surface area contributed by atoms with Crippen LogP contribution in [0.3, 0.4) is 0 Å². The van der Waals surface area contributed by atoms with E-state index in [9.17, 15) is 4.79 Å². The SMILES string of the molecule is Cl.Cl.O=C(Nc1nc2c(Cl)cccc2s1)N(CCC(c1ccccc1)c1ccccc1)CCN1CCOCC1. The Morgan fingerprint density at radius 3 is 2.21 bits per heavy atom. The number of para-hydroxylation sites is 1. The number of aromatic nitrogens is 1. The highest BCUT2D eigenvalue weighted by Crippen LogP contribution is 2.31. The Morgan fingerprint density at radius 2 is 1.59 bits per heavy atom. The summed E-state index contributed by atoms with van der Waals surface area (Å²) in [6, 6.07) is 26.6. The summed E-state index contributed by atoms with van der Waals surface area (Å²) in [6.45, 7) is 5.32. The van der Waals surface area contributed by atoms with E-state index in [4.69, 9.17) is 16.3 Å². The quantitative estimate of drug-likeness (QED) is 0.219. The van der Waals surface area contributed by atoms with Crippen LogP contribution < -0.4 is 5.32 Å². The van der Waals surface area contributed by atoms with Gasteiger partial charge in [0.05, 0.1) is 22.9 Å². The molecule has 0 saturated carbocycles. The molecule has 4 aromatic rings. The van der Waals surface area contributed by atoms with Gasteiger partial charge in [-0.15, -0.1) is 24.8 Å². The lowest BCUT2D eigenvalue weighted by Crippen LogP contribution is -2.44. The summed E-state index contributed by atoms with van der Waals surface area (Å²) in [5.74, 6) is 0.197. The Bertz CT molecular complexity index is 1260. The molecule has 5 rings (SSSR count). The number of anilines is 1. The van der Waals surface area contributed by atoms with Crippen molar-refractivity contribution in [1.29, 1.82) is 0 Å². The van der Waals surface area contributed by atoms with E-state index in [0.717, 1.165) is 49.5 Å². The lowest BCUT2D eigenvalue weighted by Gasteiger charge is -2.31. The summed E-state index contributed by atoms with van der Waals surface area (Å²) in [4.78, 5) is 22.4. The minimum absolute atomic E-state index is 0. The number of nitrogens with zero attached hydrogens (tertiary/aromatic N) is 3. The van der Waals surface area contributed by atoms with Crippen LogP contribution in [0.1, 0.15) is 23.5 Å². The van der Waals surface area contributed by atoms with Crippen LogP contribution in [0.15, 0.2) is 78.9 Å². The third-order valence-corrected chi connectivity index (χ3v) is 7.99. The molecule has 39 heavy (non-hydrogen) atoms. The number of halogens is 3. The van der Waals surface area contributed by atoms with Gasteiger partial charge >= 0.3 is 6.03 Å². The van der Waals surface area contributed by atoms with Gasteiger partial charge in [0.1, 0.15) is 5.52 Å². The van der Waals surface area contributed by atoms with Crippen molar-refractivity contribution < 1.29 is 9.53 Å². The van der Waals surface area contributed by atoms with Crippen molar-refractivity contribution in [3.05, 3.63) is 95.0 Å². The Labute approximate surface area is 251 Å². The number of benzene rings is 3. The maximum absolute atomic E-state index is 13.5. The molecule has 2 amide bonds. The fraction of sp³-hybridized carbons (Fsp3) is 0.310. The van der Waals surface area contributed by atoms with Gasteiger partial charge in [-0.25, -0.2) is 9.78 Å². The summed E-state index contributed by atoms with van der Waals surface area (Å²) in [7, 11) is 0. The molecule has 0 aliphatic carbocycles. The van der Waals surface area contributed by atoms with E-state index >= 15 is 0 Å². The molecule has 0 unspecified atom stereocenters. The Kier molecular flexibility index (Phi) is 12.3. The number of carbonyl (C=O) groups excluding carboxylic acids is 1. The van der Waals surface area contributed by atoms with Gasteiger partial charge in [0.2, 0.25) is 0 Å². The van der Waals surface area contributed by atoms with Crippen molar-refractivity contribution in [3.63, 3.8) is 0 Å². The van der Waals surface area contributed by atoms with Crippen LogP contribution in [-0.2, 0) is 4.74 Å². The van der Waals surface area contributed by atoms with Gasteiger partial charge in [0.25, 0.3) is 0 Å². The molecular formula is C29H33Cl3N4O2S. The van der Waals surface area contributed by atoms with Crippen LogP contribution in [0.25, 0.3) is 10.2 Å². The Hall–Kier alpha value is -2.39. The van der Waals surface area contributed by atoms with Gasteiger partial charge in [0.15, 0.2) is 5.13 Å². The lowest BCUT2D eigenvalue weighted by molar-refractivity contribution is 0.0351. The monoisotopic (exact) mass is 606 g/mol. The zero-order valence-electron chi connectivity index (χ0n) is 21.5. The molecule has 1 aliphatic heterocycles. The highest BCUT2D eigenvalue weighted by molar-refractivity contribution is 7.22. The van der Waals surface area contributed by atoms with Gasteiger partial charge in [-0.05, 0) is 29.7 Å². The van der Waals surface area contributed by atoms with Crippen LogP contribution in [0.2, 0.25) is 5.02 Å². The molecule has 2 heterocycles. The minimum atomic E-state index is -0.136. The van der Waals surface area contributed by atoms with Crippen LogP contribution >= 0.6 is 47.8 Å². The maximum atomic E-state index is 13.5. The highest BCUT2D eigenvalue weighted by Gasteiger charge is 2.21. The Balaban J connectivity index is 0.00000210. The number of rotatable bonds is 9. The van der Waals surface area contributed by atoms with Crippen LogP contribution in [0.5, 0.6) is 0 Å². The molecule has 1 aromatic heterocycles. The topological polar surface area (TPSA) is 57.7 Å². The van der Waals surface area contributed by atoms with Crippen molar-refractivity contribution in [2.45, 2.75) is 12.3 Å². The summed E-state index contributed by atoms with van der Waals surface area (Å²) in [6.07, 6.45) is 0.816. The molecule has 6 nitrogen and oxygen atoms in total. The predicted octanol–water partition coefficient (Wildman–Crippen LogP) is 7.18. The molecule has 10 heteroatoms. The summed E-state index contributed by atoms with van der Waals surface area (Å²) >= 11 is 7.75. The smallest absolute Gasteiger partial charge is 0.323 e. The number of urea groups is 1. The number of nitrogens with one attached hydrogen (secondary N) is 1. The summed E-state index contributed by atoms with van der Waals surface area (Å²) in [5, 5.41) is 4.19. The molecule has 1 aliphatic rings. The molecule has 0 atom stereocenters. The van der Waals surface area contributed by atoms with E-state index in [1.807, 2.05) is 35.2 Å². The van der Waals surface area contributed by atoms with Crippen molar-refractivity contribution in [3.8, 4) is 0 Å². The molecule has 208 valence electrons. The second-order valence-corrected chi connectivity index (χ2v) is 10.6. The standard InChI is InChI=1S/C29H31ClN4O2S.2ClH/c30-25-12-7-13-26-27(25)31-28(37-26)32-29(35)34(17-16-33-18-20-36-21-19-33)15-14-24(22-8-3-1-4-9-22)23-10-5-2-6-11-23;;/h1-13,24H,14-21H2,(H,31,32,35);2*1H. The number of fused-ring (bicyclic) bond motifs is 1. The molecule has 0 bridgehead atoms. The van der Waals surface area contributed by atoms with Crippen LogP contribution in [0.4, 0.5) is 9.93 Å². The lowest BCUT2D eigenvalue weighted by atomic mass is 9.88. The first-order valence-corrected chi connectivity index (χ1v) is 13.9. The van der Waals surface area contributed by atoms with Crippen molar-refractivity contribution in [2.24, 2.45) is 0 Å². The number of thiazole rings is 1. The first-order valence-electron chi connectivity index (χ1n) is 12.7. The Morgan fingerprint density at radius 1 is 0.949 bits per heavy atom. The molecular weight excluding hydrogens is 575 g/mol. The molecule has 1 fully saturated rings. The zero-order chi connectivity index (χ0) is 25.5. The molecule has 1 saturated heterocycles. The molecule has 1 N–H and O–H groups in total. The highest BCUT2D eigenvalue weighted by atomic mass is 35.5. The second kappa shape index (κ2) is 15.4. The fourth-order valence-electron chi connectivity index (χ4n) is 4.72. The van der Waals surface area contributed by atoms with E-state index in [2.05, 4.69) is 63.7 Å². The van der Waals surface area contributed by atoms with Crippen molar-refractivity contribution in [2.75, 3.05) is 51.3 Å². The zero-order valence-corrected chi connectivity index (χ0v) is 24.7. The van der Waals surface area contributed by atoms with Crippen molar-refractivity contribution >= 4 is 69.1 Å². The molecule has 0 radical (unpaired) electrons. The van der Waals surface area contributed by atoms with Gasteiger partial charge in [-0.3, -0.25) is 10.2 Å². The average Bonchev–Trinajstić information content (AvgIpc) is 3.36. The minimum Gasteiger partial charge on any atom is -0.379 e. The number of hydrogen-bond donors (Lipinski definition) is 1. The van der Waals surface area contributed by atoms with Gasteiger partial charge < -0.3 is 9.64 Å². The summed E-state index contributed by atoms with van der Waals surface area (Å²) < 4.78 is 6.45. The normalized spacial score (nSPS) is 13.5. The van der Waals surface area contributed by atoms with Crippen LogP contribution in [0, 0.1) is 0 Å². The molecule has 0 spiro atoms. The fourth-order valence-corrected chi connectivity index (χ4v) is 5.88. The summed E-state index contributed by atoms with van der Waals surface area (Å²) in [5.41, 5.74) is 3.23. The number of hydrogen-bond acceptors (Lipinski definition) is 5. The first kappa shape index (κ1) is 31.1. The number of morpholine rings is 1. The van der Waals surface area contributed by atoms with Crippen LogP contribution in [-0.4, -0.2) is 66.8 Å². The number of amides is 2. The van der Waals surface area contributed by atoms with E-state index < -0.39 is 0 Å². The third kappa shape index (κ3) is 8.30. The second-order valence-electron chi connectivity index (χ2n) is 9.14. The van der Waals surface area contributed by atoms with Gasteiger partial charge in [-0.2, -0.15) is 0 Å². The van der Waals surface area contributed by atoms with E-state index in [1.54, 1.807) is 0 Å². The maximum Gasteiger partial charge on any atom is 0.323 e. The third-order valence-electron chi connectivity index (χ3n) is 6.75. The number of carbonyl (C=O) groups is 1.